The smallest absolute Gasteiger partial charge is 0.220 e. The van der Waals surface area contributed by atoms with Crippen molar-refractivity contribution in [1.29, 1.82) is 0 Å². The van der Waals surface area contributed by atoms with Gasteiger partial charge in [-0.25, -0.2) is 0 Å². The molecule has 4 nitrogen and oxygen atoms in total. The van der Waals surface area contributed by atoms with E-state index in [-0.39, 0.29) is 11.9 Å². The molecule has 0 aliphatic rings. The lowest BCUT2D eigenvalue weighted by atomic mass is 10.0. The van der Waals surface area contributed by atoms with Gasteiger partial charge in [0.05, 0.1) is 11.7 Å². The number of rotatable bonds is 7. The standard InChI is InChI=1S/C22H23N3O/c1-17-5-7-19(8-6-17)16-21(20-4-2-3-13-24-20)25-22(26)10-9-18-11-14-23-15-12-18/h2-8,11-15,21H,9-10,16H2,1H3,(H,25,26)/t21-/m0/s1. The van der Waals surface area contributed by atoms with Crippen molar-refractivity contribution in [3.63, 3.8) is 0 Å². The molecule has 2 aromatic heterocycles. The second-order valence-electron chi connectivity index (χ2n) is 6.42. The van der Waals surface area contributed by atoms with Gasteiger partial charge in [0.25, 0.3) is 0 Å². The van der Waals surface area contributed by atoms with Crippen molar-refractivity contribution in [3.8, 4) is 0 Å². The minimum absolute atomic E-state index is 0.0320. The second-order valence-corrected chi connectivity index (χ2v) is 6.42. The summed E-state index contributed by atoms with van der Waals surface area (Å²) in [5.41, 5.74) is 4.40. The zero-order valence-corrected chi connectivity index (χ0v) is 14.9. The zero-order chi connectivity index (χ0) is 18.2. The first-order valence-electron chi connectivity index (χ1n) is 8.85. The van der Waals surface area contributed by atoms with Crippen LogP contribution in [0.2, 0.25) is 0 Å². The summed E-state index contributed by atoms with van der Waals surface area (Å²) in [5, 5.41) is 3.15. The molecule has 0 aliphatic heterocycles. The molecule has 0 saturated heterocycles. The summed E-state index contributed by atoms with van der Waals surface area (Å²) < 4.78 is 0. The van der Waals surface area contributed by atoms with E-state index in [1.165, 1.54) is 11.1 Å². The third-order valence-electron chi connectivity index (χ3n) is 4.33. The molecule has 1 atom stereocenters. The van der Waals surface area contributed by atoms with Crippen molar-refractivity contribution in [3.05, 3.63) is 95.6 Å². The first-order chi connectivity index (χ1) is 12.7. The topological polar surface area (TPSA) is 54.9 Å². The first-order valence-corrected chi connectivity index (χ1v) is 8.85. The quantitative estimate of drug-likeness (QED) is 0.708. The normalized spacial score (nSPS) is 11.7. The molecule has 2 heterocycles. The van der Waals surface area contributed by atoms with Crippen LogP contribution >= 0.6 is 0 Å². The molecule has 1 amide bonds. The Morgan fingerprint density at radius 2 is 1.73 bits per heavy atom. The van der Waals surface area contributed by atoms with Gasteiger partial charge in [0, 0.05) is 25.0 Å². The van der Waals surface area contributed by atoms with Gasteiger partial charge in [-0.3, -0.25) is 14.8 Å². The molecule has 0 bridgehead atoms. The molecule has 3 aromatic rings. The van der Waals surface area contributed by atoms with E-state index in [0.29, 0.717) is 12.8 Å². The molecule has 132 valence electrons. The van der Waals surface area contributed by atoms with Crippen LogP contribution in [-0.4, -0.2) is 15.9 Å². The highest BCUT2D eigenvalue weighted by Gasteiger charge is 2.16. The Labute approximate surface area is 154 Å². The van der Waals surface area contributed by atoms with E-state index in [4.69, 9.17) is 0 Å². The Kier molecular flexibility index (Phi) is 6.09. The van der Waals surface area contributed by atoms with Crippen LogP contribution in [0, 0.1) is 6.92 Å². The Morgan fingerprint density at radius 3 is 2.42 bits per heavy atom. The maximum absolute atomic E-state index is 12.5. The van der Waals surface area contributed by atoms with Crippen LogP contribution < -0.4 is 5.32 Å². The van der Waals surface area contributed by atoms with E-state index in [9.17, 15) is 4.79 Å². The highest BCUT2D eigenvalue weighted by atomic mass is 16.1. The fraction of sp³-hybridized carbons (Fsp3) is 0.227. The minimum Gasteiger partial charge on any atom is -0.347 e. The molecule has 3 rings (SSSR count). The predicted molar refractivity (Wildman–Crippen MR) is 103 cm³/mol. The Bertz CT molecular complexity index is 817. The lowest BCUT2D eigenvalue weighted by molar-refractivity contribution is -0.121. The lowest BCUT2D eigenvalue weighted by Gasteiger charge is -2.19. The number of amides is 1. The SMILES string of the molecule is Cc1ccc(C[C@H](NC(=O)CCc2ccncc2)c2ccccn2)cc1. The average Bonchev–Trinajstić information content (AvgIpc) is 2.69. The molecule has 1 aromatic carbocycles. The molecule has 26 heavy (non-hydrogen) atoms. The number of carbonyl (C=O) groups is 1. The lowest BCUT2D eigenvalue weighted by Crippen LogP contribution is -2.30. The molecular formula is C22H23N3O. The predicted octanol–water partition coefficient (Wildman–Crippen LogP) is 3.82. The number of hydrogen-bond donors (Lipinski definition) is 1. The summed E-state index contributed by atoms with van der Waals surface area (Å²) in [6.45, 7) is 2.07. The monoisotopic (exact) mass is 345 g/mol. The molecule has 0 fully saturated rings. The number of aromatic nitrogens is 2. The number of nitrogens with zero attached hydrogens (tertiary/aromatic N) is 2. The van der Waals surface area contributed by atoms with Gasteiger partial charge in [0.15, 0.2) is 0 Å². The van der Waals surface area contributed by atoms with E-state index in [0.717, 1.165) is 17.7 Å². The van der Waals surface area contributed by atoms with Gasteiger partial charge in [0.2, 0.25) is 5.91 Å². The highest BCUT2D eigenvalue weighted by molar-refractivity contribution is 5.76. The summed E-state index contributed by atoms with van der Waals surface area (Å²) >= 11 is 0. The molecule has 0 radical (unpaired) electrons. The van der Waals surface area contributed by atoms with E-state index < -0.39 is 0 Å². The summed E-state index contributed by atoms with van der Waals surface area (Å²) in [6, 6.07) is 17.9. The van der Waals surface area contributed by atoms with Crippen molar-refractivity contribution >= 4 is 5.91 Å². The highest BCUT2D eigenvalue weighted by Crippen LogP contribution is 2.17. The van der Waals surface area contributed by atoms with Crippen molar-refractivity contribution in [2.75, 3.05) is 0 Å². The van der Waals surface area contributed by atoms with Gasteiger partial charge in [-0.05, 0) is 55.2 Å². The molecule has 0 aliphatic carbocycles. The summed E-state index contributed by atoms with van der Waals surface area (Å²) in [6.07, 6.45) is 7.14. The molecule has 0 unspecified atom stereocenters. The molecule has 1 N–H and O–H groups in total. The van der Waals surface area contributed by atoms with Crippen molar-refractivity contribution in [1.82, 2.24) is 15.3 Å². The van der Waals surface area contributed by atoms with E-state index >= 15 is 0 Å². The van der Waals surface area contributed by atoms with E-state index in [1.807, 2.05) is 30.3 Å². The summed E-state index contributed by atoms with van der Waals surface area (Å²) in [5.74, 6) is 0.0320. The largest absolute Gasteiger partial charge is 0.347 e. The van der Waals surface area contributed by atoms with Crippen LogP contribution in [0.5, 0.6) is 0 Å². The third-order valence-corrected chi connectivity index (χ3v) is 4.33. The van der Waals surface area contributed by atoms with Crippen LogP contribution in [0.15, 0.2) is 73.2 Å². The van der Waals surface area contributed by atoms with Gasteiger partial charge in [-0.15, -0.1) is 0 Å². The first kappa shape index (κ1) is 17.8. The zero-order valence-electron chi connectivity index (χ0n) is 14.9. The number of hydrogen-bond acceptors (Lipinski definition) is 3. The van der Waals surface area contributed by atoms with Crippen molar-refractivity contribution in [2.45, 2.75) is 32.2 Å². The van der Waals surface area contributed by atoms with Gasteiger partial charge in [-0.1, -0.05) is 35.9 Å². The third kappa shape index (κ3) is 5.24. The second kappa shape index (κ2) is 8.90. The van der Waals surface area contributed by atoms with Crippen molar-refractivity contribution < 1.29 is 4.79 Å². The van der Waals surface area contributed by atoms with Gasteiger partial charge >= 0.3 is 0 Å². The Balaban J connectivity index is 1.67. The number of pyridine rings is 2. The number of benzene rings is 1. The average molecular weight is 345 g/mol. The van der Waals surface area contributed by atoms with Crippen LogP contribution in [0.1, 0.15) is 34.8 Å². The minimum atomic E-state index is -0.135. The number of nitrogens with one attached hydrogen (secondary N) is 1. The van der Waals surface area contributed by atoms with Gasteiger partial charge in [0.1, 0.15) is 0 Å². The van der Waals surface area contributed by atoms with Gasteiger partial charge < -0.3 is 5.32 Å². The maximum Gasteiger partial charge on any atom is 0.220 e. The number of carbonyl (C=O) groups excluding carboxylic acids is 1. The molecular weight excluding hydrogens is 322 g/mol. The van der Waals surface area contributed by atoms with Crippen molar-refractivity contribution in [2.24, 2.45) is 0 Å². The fourth-order valence-corrected chi connectivity index (χ4v) is 2.85. The molecule has 0 spiro atoms. The molecule has 0 saturated carbocycles. The number of aryl methyl sites for hydroxylation is 2. The Morgan fingerprint density at radius 1 is 0.962 bits per heavy atom. The Hall–Kier alpha value is -3.01. The molecule has 4 heteroatoms. The van der Waals surface area contributed by atoms with E-state index in [2.05, 4.69) is 46.5 Å². The van der Waals surface area contributed by atoms with Crippen LogP contribution in [-0.2, 0) is 17.6 Å². The maximum atomic E-state index is 12.5. The summed E-state index contributed by atoms with van der Waals surface area (Å²) in [4.78, 5) is 20.9. The van der Waals surface area contributed by atoms with E-state index in [1.54, 1.807) is 18.6 Å². The van der Waals surface area contributed by atoms with Crippen LogP contribution in [0.25, 0.3) is 0 Å². The fourth-order valence-electron chi connectivity index (χ4n) is 2.85. The summed E-state index contributed by atoms with van der Waals surface area (Å²) in [7, 11) is 0. The van der Waals surface area contributed by atoms with Crippen LogP contribution in [0.4, 0.5) is 0 Å². The van der Waals surface area contributed by atoms with Gasteiger partial charge in [-0.2, -0.15) is 0 Å². The van der Waals surface area contributed by atoms with Crippen LogP contribution in [0.3, 0.4) is 0 Å².